The summed E-state index contributed by atoms with van der Waals surface area (Å²) in [7, 11) is 0. The predicted molar refractivity (Wildman–Crippen MR) is 178 cm³/mol. The first-order valence-corrected chi connectivity index (χ1v) is 16.7. The van der Waals surface area contributed by atoms with Crippen LogP contribution in [0, 0.1) is 18.8 Å². The lowest BCUT2D eigenvalue weighted by molar-refractivity contribution is -0.141. The summed E-state index contributed by atoms with van der Waals surface area (Å²) in [6.45, 7) is 11.7. The Balaban J connectivity index is 1.64. The number of aryl methyl sites for hydroxylation is 1. The molecular weight excluding hydrogens is 650 g/mol. The van der Waals surface area contributed by atoms with E-state index in [-0.39, 0.29) is 47.5 Å². The number of fused-ring (bicyclic) bond motifs is 1. The van der Waals surface area contributed by atoms with E-state index in [1.54, 1.807) is 44.7 Å². The Hall–Kier alpha value is -2.59. The molecule has 0 aliphatic carbocycles. The van der Waals surface area contributed by atoms with Crippen molar-refractivity contribution in [1.29, 1.82) is 0 Å². The maximum atomic E-state index is 14.9. The molecule has 3 unspecified atom stereocenters. The molecule has 7 nitrogen and oxygen atoms in total. The summed E-state index contributed by atoms with van der Waals surface area (Å²) in [5.74, 6) is -2.10. The van der Waals surface area contributed by atoms with Crippen molar-refractivity contribution in [2.75, 3.05) is 29.5 Å². The molecule has 0 aromatic heterocycles. The van der Waals surface area contributed by atoms with Crippen molar-refractivity contribution < 1.29 is 19.5 Å². The number of carbonyl (C=O) groups excluding carboxylic acids is 3. The highest BCUT2D eigenvalue weighted by Crippen LogP contribution is 2.68. The highest BCUT2D eigenvalue weighted by Gasteiger charge is 2.76. The SMILES string of the molecule is C=CCN(C(=O)[C@H]1[C@@H]2SC3(CC2Br)C(C(=O)N(CC=C)c2c(C)cccc2Cl)N([C@@H](CC)CO)C(=O)[C@H]13)c1ccccc1. The number of thioether (sulfide) groups is 1. The molecule has 2 aromatic carbocycles. The van der Waals surface area contributed by atoms with Crippen LogP contribution in [0.3, 0.4) is 0 Å². The van der Waals surface area contributed by atoms with Crippen LogP contribution in [0.1, 0.15) is 25.3 Å². The van der Waals surface area contributed by atoms with E-state index in [1.165, 1.54) is 0 Å². The first-order valence-electron chi connectivity index (χ1n) is 14.6. The molecule has 228 valence electrons. The lowest BCUT2D eigenvalue weighted by atomic mass is 9.70. The van der Waals surface area contributed by atoms with Gasteiger partial charge in [-0.15, -0.1) is 24.9 Å². The third kappa shape index (κ3) is 5.16. The van der Waals surface area contributed by atoms with Crippen molar-refractivity contribution in [2.45, 2.75) is 53.6 Å². The van der Waals surface area contributed by atoms with E-state index >= 15 is 0 Å². The molecule has 3 saturated heterocycles. The van der Waals surface area contributed by atoms with E-state index in [2.05, 4.69) is 29.1 Å². The summed E-state index contributed by atoms with van der Waals surface area (Å²) in [6, 6.07) is 13.4. The zero-order valence-corrected chi connectivity index (χ0v) is 27.5. The first kappa shape index (κ1) is 31.8. The number of likely N-dealkylation sites (tertiary alicyclic amines) is 1. The normalized spacial score (nSPS) is 28.0. The molecule has 0 radical (unpaired) electrons. The number of nitrogens with zero attached hydrogens (tertiary/aromatic N) is 3. The fourth-order valence-electron chi connectivity index (χ4n) is 7.21. The van der Waals surface area contributed by atoms with Gasteiger partial charge >= 0.3 is 0 Å². The second kappa shape index (κ2) is 12.8. The molecule has 1 spiro atoms. The van der Waals surface area contributed by atoms with Gasteiger partial charge in [0.05, 0.1) is 39.9 Å². The van der Waals surface area contributed by atoms with E-state index in [0.717, 1.165) is 11.3 Å². The summed E-state index contributed by atoms with van der Waals surface area (Å²) in [6.07, 6.45) is 4.32. The number of hydrogen-bond acceptors (Lipinski definition) is 5. The van der Waals surface area contributed by atoms with Crippen LogP contribution in [0.5, 0.6) is 0 Å². The summed E-state index contributed by atoms with van der Waals surface area (Å²) < 4.78 is -0.874. The fraction of sp³-hybridized carbons (Fsp3) is 0.424. The number of aliphatic hydroxyl groups is 1. The van der Waals surface area contributed by atoms with Crippen LogP contribution >= 0.6 is 39.3 Å². The van der Waals surface area contributed by atoms with Crippen molar-refractivity contribution in [2.24, 2.45) is 11.8 Å². The van der Waals surface area contributed by atoms with E-state index in [1.807, 2.05) is 56.3 Å². The summed E-state index contributed by atoms with van der Waals surface area (Å²) in [5, 5.41) is 10.7. The molecule has 7 atom stereocenters. The molecule has 2 aromatic rings. The molecule has 3 aliphatic rings. The van der Waals surface area contributed by atoms with Crippen molar-refractivity contribution in [3.05, 3.63) is 84.4 Å². The average molecular weight is 687 g/mol. The smallest absolute Gasteiger partial charge is 0.251 e. The Kier molecular flexibility index (Phi) is 9.47. The molecule has 3 fully saturated rings. The van der Waals surface area contributed by atoms with Crippen LogP contribution in [-0.4, -0.2) is 74.3 Å². The summed E-state index contributed by atoms with van der Waals surface area (Å²) in [4.78, 5) is 48.8. The number of para-hydroxylation sites is 2. The van der Waals surface area contributed by atoms with Gasteiger partial charge in [0, 0.05) is 28.9 Å². The van der Waals surface area contributed by atoms with Gasteiger partial charge in [-0.2, -0.15) is 0 Å². The number of aliphatic hydroxyl groups excluding tert-OH is 1. The first-order chi connectivity index (χ1) is 20.7. The van der Waals surface area contributed by atoms with Crippen molar-refractivity contribution in [1.82, 2.24) is 4.90 Å². The van der Waals surface area contributed by atoms with Gasteiger partial charge in [-0.1, -0.05) is 76.9 Å². The number of halogens is 2. The van der Waals surface area contributed by atoms with Gasteiger partial charge in [0.15, 0.2) is 0 Å². The monoisotopic (exact) mass is 685 g/mol. The van der Waals surface area contributed by atoms with Gasteiger partial charge < -0.3 is 19.8 Å². The van der Waals surface area contributed by atoms with Crippen LogP contribution in [0.15, 0.2) is 73.8 Å². The summed E-state index contributed by atoms with van der Waals surface area (Å²) in [5.41, 5.74) is 2.11. The van der Waals surface area contributed by atoms with Gasteiger partial charge in [0.25, 0.3) is 5.91 Å². The molecule has 3 heterocycles. The van der Waals surface area contributed by atoms with Crippen molar-refractivity contribution in [3.8, 4) is 0 Å². The zero-order chi connectivity index (χ0) is 31.1. The second-order valence-electron chi connectivity index (χ2n) is 11.4. The molecule has 5 rings (SSSR count). The van der Waals surface area contributed by atoms with E-state index in [4.69, 9.17) is 11.6 Å². The Bertz CT molecular complexity index is 1400. The Labute approximate surface area is 271 Å². The standard InChI is InChI=1S/C33H37BrClN3O4S/c1-5-16-36(22-13-9-8-10-14-22)30(40)25-26-31(41)38(21(7-3)19-39)29(33(26)18-23(34)28(25)43-33)32(42)37(17-6-2)27-20(4)12-11-15-24(27)35/h5-6,8-15,21,23,25-26,28-29,39H,1-2,7,16-19H2,3-4H3/t21-,23?,25+,26-,28+,29?,33?/m0/s1. The number of hydrogen-bond donors (Lipinski definition) is 1. The number of rotatable bonds is 11. The fourth-order valence-corrected chi connectivity index (χ4v) is 11.1. The predicted octanol–water partition coefficient (Wildman–Crippen LogP) is 5.62. The van der Waals surface area contributed by atoms with Gasteiger partial charge in [0.2, 0.25) is 11.8 Å². The summed E-state index contributed by atoms with van der Waals surface area (Å²) >= 11 is 12.1. The van der Waals surface area contributed by atoms with Crippen LogP contribution in [0.2, 0.25) is 5.02 Å². The zero-order valence-electron chi connectivity index (χ0n) is 24.4. The number of anilines is 2. The maximum Gasteiger partial charge on any atom is 0.251 e. The molecule has 43 heavy (non-hydrogen) atoms. The highest BCUT2D eigenvalue weighted by atomic mass is 79.9. The molecule has 0 saturated carbocycles. The Morgan fingerprint density at radius 1 is 1.14 bits per heavy atom. The molecule has 3 aliphatic heterocycles. The van der Waals surface area contributed by atoms with E-state index < -0.39 is 28.7 Å². The topological polar surface area (TPSA) is 81.2 Å². The molecule has 1 N–H and O–H groups in total. The third-order valence-electron chi connectivity index (χ3n) is 9.00. The quantitative estimate of drug-likeness (QED) is 0.245. The van der Waals surface area contributed by atoms with Crippen LogP contribution < -0.4 is 9.80 Å². The number of benzene rings is 2. The van der Waals surface area contributed by atoms with Gasteiger partial charge in [0.1, 0.15) is 6.04 Å². The van der Waals surface area contributed by atoms with Crippen LogP contribution in [0.25, 0.3) is 0 Å². The van der Waals surface area contributed by atoms with Crippen LogP contribution in [-0.2, 0) is 14.4 Å². The average Bonchev–Trinajstić information content (AvgIpc) is 3.59. The third-order valence-corrected chi connectivity index (χ3v) is 12.5. The Morgan fingerprint density at radius 3 is 2.42 bits per heavy atom. The van der Waals surface area contributed by atoms with Crippen LogP contribution in [0.4, 0.5) is 11.4 Å². The minimum atomic E-state index is -0.907. The minimum Gasteiger partial charge on any atom is -0.394 e. The molecular formula is C33H37BrClN3O4S. The number of alkyl halides is 1. The molecule has 2 bridgehead atoms. The molecule has 3 amide bonds. The van der Waals surface area contributed by atoms with Gasteiger partial charge in [-0.25, -0.2) is 0 Å². The molecule has 10 heteroatoms. The lowest BCUT2D eigenvalue weighted by Gasteiger charge is -2.40. The van der Waals surface area contributed by atoms with Crippen molar-refractivity contribution >= 4 is 68.4 Å². The van der Waals surface area contributed by atoms with Crippen molar-refractivity contribution in [3.63, 3.8) is 0 Å². The Morgan fingerprint density at radius 2 is 1.81 bits per heavy atom. The van der Waals surface area contributed by atoms with E-state index in [9.17, 15) is 19.5 Å². The van der Waals surface area contributed by atoms with Gasteiger partial charge in [-0.05, 0) is 43.5 Å². The maximum absolute atomic E-state index is 14.9. The number of amides is 3. The lowest BCUT2D eigenvalue weighted by Crippen LogP contribution is -2.58. The largest absolute Gasteiger partial charge is 0.394 e. The number of carbonyl (C=O) groups is 3. The van der Waals surface area contributed by atoms with E-state index in [0.29, 0.717) is 23.6 Å². The minimum absolute atomic E-state index is 0.0868. The highest BCUT2D eigenvalue weighted by molar-refractivity contribution is 9.09. The van der Waals surface area contributed by atoms with Gasteiger partial charge in [-0.3, -0.25) is 14.4 Å². The second-order valence-corrected chi connectivity index (χ2v) is 14.5.